The van der Waals surface area contributed by atoms with E-state index in [1.165, 1.54) is 11.3 Å². The van der Waals surface area contributed by atoms with Gasteiger partial charge < -0.3 is 14.7 Å². The van der Waals surface area contributed by atoms with Crippen LogP contribution in [0.5, 0.6) is 0 Å². The van der Waals surface area contributed by atoms with Crippen LogP contribution in [0.3, 0.4) is 0 Å². The number of benzene rings is 1. The van der Waals surface area contributed by atoms with Gasteiger partial charge >= 0.3 is 0 Å². The summed E-state index contributed by atoms with van der Waals surface area (Å²) in [5.74, 6) is 0.739. The quantitative estimate of drug-likeness (QED) is 0.917. The third kappa shape index (κ3) is 3.45. The van der Waals surface area contributed by atoms with Crippen molar-refractivity contribution in [2.24, 2.45) is 0 Å². The molecule has 128 valence electrons. The number of hydrogen-bond acceptors (Lipinski definition) is 4. The van der Waals surface area contributed by atoms with Crippen LogP contribution >= 0.6 is 0 Å². The molecule has 0 bridgehead atoms. The molecule has 0 saturated heterocycles. The van der Waals surface area contributed by atoms with E-state index in [2.05, 4.69) is 46.6 Å². The van der Waals surface area contributed by atoms with Gasteiger partial charge in [-0.25, -0.2) is 0 Å². The van der Waals surface area contributed by atoms with Gasteiger partial charge in [0, 0.05) is 30.4 Å². The number of aromatic nitrogens is 1. The van der Waals surface area contributed by atoms with Crippen LogP contribution in [0.4, 0.5) is 5.69 Å². The van der Waals surface area contributed by atoms with E-state index in [-0.39, 0.29) is 5.91 Å². The number of rotatable bonds is 5. The second kappa shape index (κ2) is 7.07. The Bertz CT molecular complexity index is 704. The maximum absolute atomic E-state index is 12.2. The van der Waals surface area contributed by atoms with Crippen molar-refractivity contribution in [1.29, 1.82) is 0 Å². The topological polar surface area (TPSA) is 58.4 Å². The largest absolute Gasteiger partial charge is 0.367 e. The van der Waals surface area contributed by atoms with Crippen LogP contribution < -0.4 is 10.2 Å². The molecule has 5 heteroatoms. The first-order valence-electron chi connectivity index (χ1n) is 8.59. The van der Waals surface area contributed by atoms with E-state index >= 15 is 0 Å². The first-order valence-corrected chi connectivity index (χ1v) is 8.59. The molecule has 24 heavy (non-hydrogen) atoms. The van der Waals surface area contributed by atoms with Crippen molar-refractivity contribution in [3.8, 4) is 0 Å². The van der Waals surface area contributed by atoms with E-state index in [0.717, 1.165) is 36.4 Å². The molecular weight excluding hydrogens is 302 g/mol. The summed E-state index contributed by atoms with van der Waals surface area (Å²) in [6.45, 7) is 7.43. The Hall–Kier alpha value is -2.30. The van der Waals surface area contributed by atoms with Crippen molar-refractivity contribution in [2.45, 2.75) is 46.1 Å². The lowest BCUT2D eigenvalue weighted by Gasteiger charge is -2.37. The Balaban J connectivity index is 1.56. The first-order chi connectivity index (χ1) is 11.6. The lowest BCUT2D eigenvalue weighted by Crippen LogP contribution is -2.42. The van der Waals surface area contributed by atoms with E-state index in [1.54, 1.807) is 0 Å². The van der Waals surface area contributed by atoms with Crippen molar-refractivity contribution in [3.05, 3.63) is 46.8 Å². The highest BCUT2D eigenvalue weighted by molar-refractivity contribution is 5.79. The highest BCUT2D eigenvalue weighted by atomic mass is 16.5. The van der Waals surface area contributed by atoms with Crippen LogP contribution in [0.15, 0.2) is 28.8 Å². The highest BCUT2D eigenvalue weighted by Gasteiger charge is 2.22. The summed E-state index contributed by atoms with van der Waals surface area (Å²) < 4.78 is 5.11. The van der Waals surface area contributed by atoms with E-state index in [1.807, 2.05) is 13.8 Å². The monoisotopic (exact) mass is 327 g/mol. The molecular formula is C19H25N3O2. The average molecular weight is 327 g/mol. The predicted octanol–water partition coefficient (Wildman–Crippen LogP) is 2.79. The van der Waals surface area contributed by atoms with Gasteiger partial charge in [0.25, 0.3) is 0 Å². The van der Waals surface area contributed by atoms with Gasteiger partial charge in [-0.05, 0) is 45.2 Å². The fraction of sp³-hybridized carbons (Fsp3) is 0.474. The summed E-state index contributed by atoms with van der Waals surface area (Å²) in [5, 5.41) is 6.92. The summed E-state index contributed by atoms with van der Waals surface area (Å²) in [4.78, 5) is 14.6. The normalized spacial score (nSPS) is 16.8. The third-order valence-corrected chi connectivity index (χ3v) is 4.86. The average Bonchev–Trinajstić information content (AvgIpc) is 2.89. The lowest BCUT2D eigenvalue weighted by atomic mass is 9.97. The Morgan fingerprint density at radius 1 is 1.38 bits per heavy atom. The number of anilines is 1. The first kappa shape index (κ1) is 16.6. The number of carbonyl (C=O) groups is 1. The van der Waals surface area contributed by atoms with E-state index in [9.17, 15) is 4.79 Å². The number of para-hydroxylation sites is 1. The Kier molecular flexibility index (Phi) is 4.88. The summed E-state index contributed by atoms with van der Waals surface area (Å²) >= 11 is 0. The summed E-state index contributed by atoms with van der Waals surface area (Å²) in [5.41, 5.74) is 4.39. The molecule has 0 spiro atoms. The molecule has 1 aliphatic heterocycles. The number of carbonyl (C=O) groups excluding carboxylic acids is 1. The zero-order valence-corrected chi connectivity index (χ0v) is 14.6. The van der Waals surface area contributed by atoms with Gasteiger partial charge in [-0.2, -0.15) is 0 Å². The molecule has 0 radical (unpaired) electrons. The molecule has 1 amide bonds. The van der Waals surface area contributed by atoms with Crippen molar-refractivity contribution < 1.29 is 9.32 Å². The highest BCUT2D eigenvalue weighted by Crippen LogP contribution is 2.29. The van der Waals surface area contributed by atoms with Crippen molar-refractivity contribution >= 4 is 11.6 Å². The smallest absolute Gasteiger partial charge is 0.224 e. The lowest BCUT2D eigenvalue weighted by molar-refractivity contribution is -0.120. The summed E-state index contributed by atoms with van der Waals surface area (Å²) in [6, 6.07) is 9.05. The van der Waals surface area contributed by atoms with E-state index in [0.29, 0.717) is 19.0 Å². The molecule has 1 atom stereocenters. The minimum atomic E-state index is 0.0161. The van der Waals surface area contributed by atoms with Crippen LogP contribution in [0.1, 0.15) is 35.9 Å². The van der Waals surface area contributed by atoms with Crippen LogP contribution in [0.2, 0.25) is 0 Å². The van der Waals surface area contributed by atoms with Gasteiger partial charge in [-0.3, -0.25) is 4.79 Å². The Morgan fingerprint density at radius 3 is 2.92 bits per heavy atom. The summed E-state index contributed by atoms with van der Waals surface area (Å²) in [6.07, 6.45) is 2.61. The van der Waals surface area contributed by atoms with Crippen LogP contribution in [-0.4, -0.2) is 30.2 Å². The van der Waals surface area contributed by atoms with E-state index < -0.39 is 0 Å². The van der Waals surface area contributed by atoms with E-state index in [4.69, 9.17) is 4.52 Å². The fourth-order valence-electron chi connectivity index (χ4n) is 3.39. The van der Waals surface area contributed by atoms with Gasteiger partial charge in [0.05, 0.1) is 12.1 Å². The van der Waals surface area contributed by atoms with Gasteiger partial charge in [-0.15, -0.1) is 0 Å². The molecule has 1 aliphatic rings. The molecule has 2 aromatic rings. The van der Waals surface area contributed by atoms with Gasteiger partial charge in [0.1, 0.15) is 5.76 Å². The number of hydrogen-bond donors (Lipinski definition) is 1. The zero-order valence-electron chi connectivity index (χ0n) is 14.6. The van der Waals surface area contributed by atoms with Gasteiger partial charge in [-0.1, -0.05) is 23.4 Å². The van der Waals surface area contributed by atoms with Gasteiger partial charge in [0.15, 0.2) is 0 Å². The maximum atomic E-state index is 12.2. The predicted molar refractivity (Wildman–Crippen MR) is 94.3 cm³/mol. The molecule has 1 aromatic carbocycles. The third-order valence-electron chi connectivity index (χ3n) is 4.86. The molecule has 0 unspecified atom stereocenters. The van der Waals surface area contributed by atoms with Crippen LogP contribution in [-0.2, 0) is 17.6 Å². The van der Waals surface area contributed by atoms with Crippen LogP contribution in [0, 0.1) is 13.8 Å². The Labute approximate surface area is 143 Å². The Morgan fingerprint density at radius 2 is 2.17 bits per heavy atom. The molecule has 0 saturated carbocycles. The van der Waals surface area contributed by atoms with Crippen molar-refractivity contribution in [1.82, 2.24) is 10.5 Å². The minimum absolute atomic E-state index is 0.0161. The molecule has 1 aromatic heterocycles. The SMILES string of the molecule is Cc1noc(C)c1CC(=O)NCCN1c2ccccc2CC[C@@H]1C. The second-order valence-corrected chi connectivity index (χ2v) is 6.54. The zero-order chi connectivity index (χ0) is 17.1. The van der Waals surface area contributed by atoms with Crippen molar-refractivity contribution in [2.75, 3.05) is 18.0 Å². The maximum Gasteiger partial charge on any atom is 0.224 e. The molecule has 0 aliphatic carbocycles. The molecule has 0 fully saturated rings. The molecule has 1 N–H and O–H groups in total. The molecule has 5 nitrogen and oxygen atoms in total. The second-order valence-electron chi connectivity index (χ2n) is 6.54. The minimum Gasteiger partial charge on any atom is -0.367 e. The van der Waals surface area contributed by atoms with Gasteiger partial charge in [0.2, 0.25) is 5.91 Å². The standard InChI is InChI=1S/C19H25N3O2/c1-13-8-9-16-6-4-5-7-18(16)22(13)11-10-20-19(23)12-17-14(2)21-24-15(17)3/h4-7,13H,8-12H2,1-3H3,(H,20,23)/t13-/m0/s1. The fourth-order valence-corrected chi connectivity index (χ4v) is 3.39. The number of fused-ring (bicyclic) bond motifs is 1. The molecule has 3 rings (SSSR count). The number of nitrogens with zero attached hydrogens (tertiary/aromatic N) is 2. The number of nitrogens with one attached hydrogen (secondary N) is 1. The number of aryl methyl sites for hydroxylation is 3. The van der Waals surface area contributed by atoms with Crippen LogP contribution in [0.25, 0.3) is 0 Å². The molecule has 2 heterocycles. The number of amides is 1. The van der Waals surface area contributed by atoms with Crippen molar-refractivity contribution in [3.63, 3.8) is 0 Å². The summed E-state index contributed by atoms with van der Waals surface area (Å²) in [7, 11) is 0.